The molecule has 1 aromatic carbocycles. The van der Waals surface area contributed by atoms with Gasteiger partial charge in [0.2, 0.25) is 0 Å². The molecule has 0 atom stereocenters. The molecule has 0 aliphatic rings. The molecular formula is C10H9F2N3O2S2. The van der Waals surface area contributed by atoms with Crippen molar-refractivity contribution in [2.24, 2.45) is 0 Å². The van der Waals surface area contributed by atoms with Gasteiger partial charge in [-0.05, 0) is 13.0 Å². The Balaban J connectivity index is 2.41. The van der Waals surface area contributed by atoms with Crippen LogP contribution in [0.4, 0.5) is 20.2 Å². The molecule has 9 heteroatoms. The Hall–Kier alpha value is -1.74. The Bertz CT molecular complexity index is 705. The molecule has 0 bridgehead atoms. The largest absolute Gasteiger partial charge is 0.397 e. The number of nitrogen functional groups attached to an aromatic ring is 1. The number of rotatable bonds is 3. The van der Waals surface area contributed by atoms with Crippen LogP contribution in [0.3, 0.4) is 0 Å². The van der Waals surface area contributed by atoms with Gasteiger partial charge in [-0.25, -0.2) is 22.2 Å². The Kier molecular flexibility index (Phi) is 3.42. The number of nitrogens with zero attached hydrogens (tertiary/aromatic N) is 1. The summed E-state index contributed by atoms with van der Waals surface area (Å²) in [6.07, 6.45) is 1.15. The van der Waals surface area contributed by atoms with E-state index in [0.717, 1.165) is 23.6 Å². The molecule has 0 aliphatic carbocycles. The van der Waals surface area contributed by atoms with Gasteiger partial charge in [0.05, 0.1) is 16.9 Å². The molecule has 19 heavy (non-hydrogen) atoms. The van der Waals surface area contributed by atoms with Gasteiger partial charge in [-0.1, -0.05) is 0 Å². The summed E-state index contributed by atoms with van der Waals surface area (Å²) < 4.78 is 52.2. The summed E-state index contributed by atoms with van der Waals surface area (Å²) in [6.45, 7) is 1.64. The number of benzene rings is 1. The average molecular weight is 305 g/mol. The topological polar surface area (TPSA) is 85.1 Å². The Morgan fingerprint density at radius 2 is 2.05 bits per heavy atom. The number of nitrogens with one attached hydrogen (secondary N) is 1. The minimum Gasteiger partial charge on any atom is -0.397 e. The fraction of sp³-hybridized carbons (Fsp3) is 0.100. The van der Waals surface area contributed by atoms with E-state index in [1.807, 2.05) is 4.72 Å². The molecular weight excluding hydrogens is 296 g/mol. The van der Waals surface area contributed by atoms with Crippen molar-refractivity contribution >= 4 is 32.7 Å². The van der Waals surface area contributed by atoms with Crippen LogP contribution in [0.5, 0.6) is 0 Å². The van der Waals surface area contributed by atoms with Crippen molar-refractivity contribution in [1.29, 1.82) is 0 Å². The first-order chi connectivity index (χ1) is 8.79. The third kappa shape index (κ3) is 2.82. The maximum absolute atomic E-state index is 13.5. The molecule has 0 saturated heterocycles. The molecule has 2 rings (SSSR count). The van der Waals surface area contributed by atoms with Crippen LogP contribution in [0, 0.1) is 18.6 Å². The molecule has 1 heterocycles. The summed E-state index contributed by atoms with van der Waals surface area (Å²) in [6, 6.07) is 1.38. The van der Waals surface area contributed by atoms with Gasteiger partial charge in [-0.15, -0.1) is 11.3 Å². The van der Waals surface area contributed by atoms with Gasteiger partial charge in [0.1, 0.15) is 11.5 Å². The molecule has 3 N–H and O–H groups in total. The Labute approximate surface area is 112 Å². The second kappa shape index (κ2) is 4.74. The molecule has 0 radical (unpaired) electrons. The highest BCUT2D eigenvalue weighted by Crippen LogP contribution is 2.28. The number of hydrogen-bond acceptors (Lipinski definition) is 5. The zero-order valence-electron chi connectivity index (χ0n) is 9.65. The first-order valence-electron chi connectivity index (χ1n) is 4.99. The van der Waals surface area contributed by atoms with Gasteiger partial charge in [0.15, 0.2) is 10.0 Å². The van der Waals surface area contributed by atoms with Crippen LogP contribution in [0.2, 0.25) is 0 Å². The maximum atomic E-state index is 13.5. The summed E-state index contributed by atoms with van der Waals surface area (Å²) in [5.41, 5.74) is 4.58. The number of aryl methyl sites for hydroxylation is 1. The van der Waals surface area contributed by atoms with Crippen molar-refractivity contribution in [3.05, 3.63) is 35.0 Å². The van der Waals surface area contributed by atoms with E-state index in [2.05, 4.69) is 4.98 Å². The lowest BCUT2D eigenvalue weighted by molar-refractivity contribution is 0.584. The van der Waals surface area contributed by atoms with Gasteiger partial charge in [-0.3, -0.25) is 4.72 Å². The minimum absolute atomic E-state index is 0.0758. The first kappa shape index (κ1) is 13.7. The highest BCUT2D eigenvalue weighted by molar-refractivity contribution is 7.94. The van der Waals surface area contributed by atoms with Gasteiger partial charge in [0.25, 0.3) is 10.0 Å². The minimum atomic E-state index is -3.99. The van der Waals surface area contributed by atoms with Crippen molar-refractivity contribution < 1.29 is 17.2 Å². The lowest BCUT2D eigenvalue weighted by Gasteiger charge is -2.09. The van der Waals surface area contributed by atoms with E-state index in [-0.39, 0.29) is 9.90 Å². The lowest BCUT2D eigenvalue weighted by atomic mass is 10.2. The van der Waals surface area contributed by atoms with Crippen molar-refractivity contribution in [2.75, 3.05) is 10.5 Å². The summed E-state index contributed by atoms with van der Waals surface area (Å²) in [5.74, 6) is -1.96. The van der Waals surface area contributed by atoms with E-state index < -0.39 is 27.3 Å². The summed E-state index contributed by atoms with van der Waals surface area (Å²) in [4.78, 5) is 3.80. The lowest BCUT2D eigenvalue weighted by Crippen LogP contribution is -2.14. The molecule has 0 unspecified atom stereocenters. The number of aromatic nitrogens is 1. The van der Waals surface area contributed by atoms with Crippen LogP contribution in [-0.4, -0.2) is 13.4 Å². The molecule has 2 aromatic rings. The second-order valence-corrected chi connectivity index (χ2v) is 6.80. The van der Waals surface area contributed by atoms with Crippen molar-refractivity contribution in [2.45, 2.75) is 11.1 Å². The third-order valence-corrected chi connectivity index (χ3v) is 4.91. The molecule has 0 saturated carbocycles. The van der Waals surface area contributed by atoms with E-state index in [0.29, 0.717) is 11.1 Å². The molecule has 1 aromatic heterocycles. The predicted octanol–water partition coefficient (Wildman–Crippen LogP) is 2.11. The third-order valence-electron chi connectivity index (χ3n) is 2.19. The van der Waals surface area contributed by atoms with Gasteiger partial charge >= 0.3 is 0 Å². The van der Waals surface area contributed by atoms with E-state index in [1.54, 1.807) is 6.92 Å². The normalized spacial score (nSPS) is 11.5. The van der Waals surface area contributed by atoms with Crippen molar-refractivity contribution in [3.63, 3.8) is 0 Å². The number of thiazole rings is 1. The summed E-state index contributed by atoms with van der Waals surface area (Å²) >= 11 is 0.930. The van der Waals surface area contributed by atoms with Crippen LogP contribution in [0.25, 0.3) is 0 Å². The first-order valence-corrected chi connectivity index (χ1v) is 7.29. The van der Waals surface area contributed by atoms with Crippen LogP contribution >= 0.6 is 11.3 Å². The zero-order valence-corrected chi connectivity index (χ0v) is 11.3. The standard InChI is InChI=1S/C10H9F2N3O2S2/c1-5-14-4-9(18-5)19(16,17)15-10-7(12)2-6(11)3-8(10)13/h2-4,15H,13H2,1H3. The number of anilines is 2. The second-order valence-electron chi connectivity index (χ2n) is 3.66. The molecule has 102 valence electrons. The van der Waals surface area contributed by atoms with Gasteiger partial charge in [0, 0.05) is 6.07 Å². The molecule has 0 spiro atoms. The van der Waals surface area contributed by atoms with Crippen LogP contribution < -0.4 is 10.5 Å². The number of hydrogen-bond donors (Lipinski definition) is 2. The summed E-state index contributed by atoms with van der Waals surface area (Å²) in [7, 11) is -3.99. The maximum Gasteiger partial charge on any atom is 0.273 e. The quantitative estimate of drug-likeness (QED) is 0.851. The predicted molar refractivity (Wildman–Crippen MR) is 68.4 cm³/mol. The molecule has 0 fully saturated rings. The van der Waals surface area contributed by atoms with Crippen LogP contribution in [0.15, 0.2) is 22.5 Å². The molecule has 5 nitrogen and oxygen atoms in total. The number of nitrogens with two attached hydrogens (primary N) is 1. The van der Waals surface area contributed by atoms with E-state index in [4.69, 9.17) is 5.73 Å². The highest BCUT2D eigenvalue weighted by atomic mass is 32.2. The molecule has 0 aliphatic heterocycles. The fourth-order valence-corrected chi connectivity index (χ4v) is 3.56. The number of halogens is 2. The van der Waals surface area contributed by atoms with E-state index in [1.165, 1.54) is 0 Å². The van der Waals surface area contributed by atoms with E-state index >= 15 is 0 Å². The van der Waals surface area contributed by atoms with E-state index in [9.17, 15) is 17.2 Å². The van der Waals surface area contributed by atoms with Crippen LogP contribution in [-0.2, 0) is 10.0 Å². The molecule has 0 amide bonds. The fourth-order valence-electron chi connectivity index (χ4n) is 1.35. The summed E-state index contributed by atoms with van der Waals surface area (Å²) in [5, 5.41) is 0.549. The SMILES string of the molecule is Cc1ncc(S(=O)(=O)Nc2c(N)cc(F)cc2F)s1. The Morgan fingerprint density at radius 1 is 1.37 bits per heavy atom. The van der Waals surface area contributed by atoms with Crippen molar-refractivity contribution in [1.82, 2.24) is 4.98 Å². The zero-order chi connectivity index (χ0) is 14.2. The van der Waals surface area contributed by atoms with Crippen molar-refractivity contribution in [3.8, 4) is 0 Å². The number of sulfonamides is 1. The van der Waals surface area contributed by atoms with Gasteiger partial charge < -0.3 is 5.73 Å². The average Bonchev–Trinajstić information content (AvgIpc) is 2.71. The highest BCUT2D eigenvalue weighted by Gasteiger charge is 2.21. The smallest absolute Gasteiger partial charge is 0.273 e. The van der Waals surface area contributed by atoms with Gasteiger partial charge in [-0.2, -0.15) is 0 Å². The monoisotopic (exact) mass is 305 g/mol. The van der Waals surface area contributed by atoms with Crippen LogP contribution in [0.1, 0.15) is 5.01 Å². The Morgan fingerprint density at radius 3 is 2.58 bits per heavy atom.